The molecule has 14 heavy (non-hydrogen) atoms. The molecule has 0 aromatic carbocycles. The fourth-order valence-corrected chi connectivity index (χ4v) is 2.42. The molecule has 2 nitrogen and oxygen atoms in total. The van der Waals surface area contributed by atoms with E-state index in [-0.39, 0.29) is 11.2 Å². The Labute approximate surface area is 88.0 Å². The van der Waals surface area contributed by atoms with Crippen molar-refractivity contribution in [2.75, 3.05) is 14.2 Å². The first kappa shape index (κ1) is 12.0. The van der Waals surface area contributed by atoms with E-state index in [4.69, 9.17) is 9.47 Å². The topological polar surface area (TPSA) is 18.5 Å². The van der Waals surface area contributed by atoms with Crippen LogP contribution in [-0.4, -0.2) is 25.4 Å². The highest BCUT2D eigenvalue weighted by Gasteiger charge is 2.42. The van der Waals surface area contributed by atoms with Crippen LogP contribution in [0.25, 0.3) is 0 Å². The average Bonchev–Trinajstić information content (AvgIpc) is 2.19. The van der Waals surface area contributed by atoms with Gasteiger partial charge in [-0.2, -0.15) is 0 Å². The van der Waals surface area contributed by atoms with Gasteiger partial charge in [0, 0.05) is 14.2 Å². The summed E-state index contributed by atoms with van der Waals surface area (Å²) in [6.45, 7) is 6.70. The predicted molar refractivity (Wildman–Crippen MR) is 58.5 cm³/mol. The third kappa shape index (κ3) is 2.12. The van der Waals surface area contributed by atoms with Crippen LogP contribution in [0.4, 0.5) is 0 Å². The van der Waals surface area contributed by atoms with Crippen LogP contribution in [0.3, 0.4) is 0 Å². The van der Waals surface area contributed by atoms with Gasteiger partial charge in [0.25, 0.3) is 0 Å². The molecule has 0 bridgehead atoms. The van der Waals surface area contributed by atoms with E-state index in [9.17, 15) is 0 Å². The lowest BCUT2D eigenvalue weighted by molar-refractivity contribution is -0.127. The normalized spacial score (nSPS) is 39.0. The lowest BCUT2D eigenvalue weighted by Gasteiger charge is -2.45. The first-order valence-corrected chi connectivity index (χ1v) is 5.58. The van der Waals surface area contributed by atoms with Gasteiger partial charge < -0.3 is 9.47 Å². The molecule has 0 N–H and O–H groups in total. The minimum absolute atomic E-state index is 0.0803. The summed E-state index contributed by atoms with van der Waals surface area (Å²) in [6.07, 6.45) is 4.45. The van der Waals surface area contributed by atoms with Gasteiger partial charge in [-0.05, 0) is 38.5 Å². The van der Waals surface area contributed by atoms with Crippen LogP contribution in [-0.2, 0) is 9.47 Å². The molecule has 1 fully saturated rings. The van der Waals surface area contributed by atoms with Gasteiger partial charge in [-0.25, -0.2) is 0 Å². The van der Waals surface area contributed by atoms with Crippen molar-refractivity contribution in [2.45, 2.75) is 57.7 Å². The van der Waals surface area contributed by atoms with Gasteiger partial charge in [0.15, 0.2) is 0 Å². The van der Waals surface area contributed by atoms with Crippen LogP contribution in [0.15, 0.2) is 0 Å². The lowest BCUT2D eigenvalue weighted by Crippen LogP contribution is -2.46. The first-order chi connectivity index (χ1) is 6.48. The Morgan fingerprint density at radius 2 is 1.43 bits per heavy atom. The molecule has 0 unspecified atom stereocenters. The van der Waals surface area contributed by atoms with Crippen LogP contribution in [0.5, 0.6) is 0 Å². The van der Waals surface area contributed by atoms with Crippen LogP contribution in [0.1, 0.15) is 46.5 Å². The van der Waals surface area contributed by atoms with E-state index < -0.39 is 0 Å². The van der Waals surface area contributed by atoms with Crippen molar-refractivity contribution in [3.05, 3.63) is 0 Å². The molecule has 1 saturated carbocycles. The number of methoxy groups -OCH3 is 2. The van der Waals surface area contributed by atoms with E-state index in [1.54, 1.807) is 0 Å². The van der Waals surface area contributed by atoms with E-state index in [0.717, 1.165) is 25.7 Å². The van der Waals surface area contributed by atoms with Crippen molar-refractivity contribution in [2.24, 2.45) is 5.92 Å². The molecule has 0 aliphatic heterocycles. The van der Waals surface area contributed by atoms with Crippen molar-refractivity contribution in [3.8, 4) is 0 Å². The highest BCUT2D eigenvalue weighted by molar-refractivity contribution is 4.94. The summed E-state index contributed by atoms with van der Waals surface area (Å²) in [4.78, 5) is 0. The third-order valence-electron chi connectivity index (χ3n) is 4.11. The molecular weight excluding hydrogens is 176 g/mol. The summed E-state index contributed by atoms with van der Waals surface area (Å²) in [5.74, 6) is 0.592. The second-order valence-electron chi connectivity index (χ2n) is 5.08. The second-order valence-corrected chi connectivity index (χ2v) is 5.08. The number of ether oxygens (including phenoxy) is 2. The van der Waals surface area contributed by atoms with Gasteiger partial charge in [-0.15, -0.1) is 0 Å². The molecular formula is C12H24O2. The average molecular weight is 200 g/mol. The van der Waals surface area contributed by atoms with Gasteiger partial charge in [-0.1, -0.05) is 13.8 Å². The monoisotopic (exact) mass is 200 g/mol. The molecule has 1 aliphatic rings. The highest BCUT2D eigenvalue weighted by Crippen LogP contribution is 2.42. The minimum Gasteiger partial charge on any atom is -0.379 e. The quantitative estimate of drug-likeness (QED) is 0.697. The number of hydrogen-bond donors (Lipinski definition) is 0. The fraction of sp³-hybridized carbons (Fsp3) is 1.00. The summed E-state index contributed by atoms with van der Waals surface area (Å²) < 4.78 is 11.3. The molecule has 2 heteroatoms. The van der Waals surface area contributed by atoms with Gasteiger partial charge in [0.1, 0.15) is 0 Å². The van der Waals surface area contributed by atoms with E-state index in [0.29, 0.717) is 5.92 Å². The van der Waals surface area contributed by atoms with E-state index in [1.165, 1.54) is 0 Å². The molecule has 0 spiro atoms. The fourth-order valence-electron chi connectivity index (χ4n) is 2.42. The summed E-state index contributed by atoms with van der Waals surface area (Å²) in [5.41, 5.74) is 0.176. The maximum Gasteiger partial charge on any atom is 0.0703 e. The molecule has 0 amide bonds. The Morgan fingerprint density at radius 1 is 0.929 bits per heavy atom. The molecule has 1 rings (SSSR count). The Bertz CT molecular complexity index is 179. The first-order valence-electron chi connectivity index (χ1n) is 5.58. The smallest absolute Gasteiger partial charge is 0.0703 e. The van der Waals surface area contributed by atoms with Crippen molar-refractivity contribution < 1.29 is 9.47 Å². The number of rotatable bonds is 3. The summed E-state index contributed by atoms with van der Waals surface area (Å²) in [6, 6.07) is 0. The van der Waals surface area contributed by atoms with Crippen molar-refractivity contribution in [3.63, 3.8) is 0 Å². The molecule has 0 heterocycles. The van der Waals surface area contributed by atoms with Crippen LogP contribution < -0.4 is 0 Å². The summed E-state index contributed by atoms with van der Waals surface area (Å²) >= 11 is 0. The minimum atomic E-state index is 0.0803. The van der Waals surface area contributed by atoms with Crippen molar-refractivity contribution >= 4 is 0 Å². The van der Waals surface area contributed by atoms with Crippen LogP contribution in [0, 0.1) is 5.92 Å². The molecule has 0 saturated heterocycles. The van der Waals surface area contributed by atoms with Gasteiger partial charge >= 0.3 is 0 Å². The Kier molecular flexibility index (Phi) is 3.59. The van der Waals surface area contributed by atoms with Gasteiger partial charge in [0.2, 0.25) is 0 Å². The molecule has 0 aromatic heterocycles. The second kappa shape index (κ2) is 4.19. The zero-order valence-corrected chi connectivity index (χ0v) is 10.2. The third-order valence-corrected chi connectivity index (χ3v) is 4.11. The molecule has 0 atom stereocenters. The van der Waals surface area contributed by atoms with Crippen LogP contribution >= 0.6 is 0 Å². The SMILES string of the molecule is COC1(C)CCC(OC)(C(C)C)CC1. The maximum atomic E-state index is 5.72. The molecule has 84 valence electrons. The summed E-state index contributed by atoms with van der Waals surface area (Å²) in [7, 11) is 3.66. The molecule has 0 aromatic rings. The van der Waals surface area contributed by atoms with E-state index in [1.807, 2.05) is 14.2 Å². The van der Waals surface area contributed by atoms with Crippen LogP contribution in [0.2, 0.25) is 0 Å². The van der Waals surface area contributed by atoms with Crippen molar-refractivity contribution in [1.29, 1.82) is 0 Å². The number of hydrogen-bond acceptors (Lipinski definition) is 2. The standard InChI is InChI=1S/C12H24O2/c1-10(2)12(14-5)8-6-11(3,13-4)7-9-12/h10H,6-9H2,1-5H3. The molecule has 1 aliphatic carbocycles. The summed E-state index contributed by atoms with van der Waals surface area (Å²) in [5, 5.41) is 0. The predicted octanol–water partition coefficient (Wildman–Crippen LogP) is 3.01. The lowest BCUT2D eigenvalue weighted by atomic mass is 9.71. The van der Waals surface area contributed by atoms with Gasteiger partial charge in [0.05, 0.1) is 11.2 Å². The Hall–Kier alpha value is -0.0800. The molecule has 0 radical (unpaired) electrons. The zero-order valence-electron chi connectivity index (χ0n) is 10.2. The Balaban J connectivity index is 2.64. The van der Waals surface area contributed by atoms with E-state index in [2.05, 4.69) is 20.8 Å². The maximum absolute atomic E-state index is 5.72. The Morgan fingerprint density at radius 3 is 1.71 bits per heavy atom. The largest absolute Gasteiger partial charge is 0.379 e. The zero-order chi connectivity index (χ0) is 10.8. The highest BCUT2D eigenvalue weighted by atomic mass is 16.5. The van der Waals surface area contributed by atoms with E-state index >= 15 is 0 Å². The van der Waals surface area contributed by atoms with Gasteiger partial charge in [-0.3, -0.25) is 0 Å². The van der Waals surface area contributed by atoms with Crippen molar-refractivity contribution in [1.82, 2.24) is 0 Å².